The fourth-order valence-corrected chi connectivity index (χ4v) is 2.95. The molecule has 21 heavy (non-hydrogen) atoms. The van der Waals surface area contributed by atoms with Crippen molar-refractivity contribution in [1.82, 2.24) is 0 Å². The highest BCUT2D eigenvalue weighted by atomic mass is 16.7. The Labute approximate surface area is 125 Å². The first-order valence-electron chi connectivity index (χ1n) is 7.49. The van der Waals surface area contributed by atoms with Crippen molar-refractivity contribution >= 4 is 5.97 Å². The van der Waals surface area contributed by atoms with Crippen molar-refractivity contribution in [3.05, 3.63) is 34.9 Å². The summed E-state index contributed by atoms with van der Waals surface area (Å²) in [4.78, 5) is 11.5. The van der Waals surface area contributed by atoms with Crippen LogP contribution >= 0.6 is 0 Å². The quantitative estimate of drug-likeness (QED) is 0.579. The molecule has 1 aliphatic heterocycles. The first kappa shape index (κ1) is 14.5. The Kier molecular flexibility index (Phi) is 3.54. The SMILES string of the molecule is CCOC(=O)C=C1C=C2CC3(CC2=C1)OCC(C)(C)CO3. The Bertz CT molecular complexity index is 515. The third-order valence-corrected chi connectivity index (χ3v) is 4.04. The molecular formula is C17H22O4. The van der Waals surface area contributed by atoms with Gasteiger partial charge in [0.2, 0.25) is 0 Å². The van der Waals surface area contributed by atoms with Crippen molar-refractivity contribution in [3.8, 4) is 0 Å². The fraction of sp³-hybridized carbons (Fsp3) is 0.588. The van der Waals surface area contributed by atoms with Crippen LogP contribution in [0.25, 0.3) is 0 Å². The van der Waals surface area contributed by atoms with Crippen LogP contribution in [0.15, 0.2) is 34.9 Å². The van der Waals surface area contributed by atoms with E-state index < -0.39 is 5.79 Å². The molecule has 0 aromatic heterocycles. The first-order chi connectivity index (χ1) is 9.91. The summed E-state index contributed by atoms with van der Waals surface area (Å²) in [5.41, 5.74) is 3.42. The summed E-state index contributed by atoms with van der Waals surface area (Å²) < 4.78 is 17.0. The molecule has 0 N–H and O–H groups in total. The number of carbonyl (C=O) groups excluding carboxylic acids is 1. The summed E-state index contributed by atoms with van der Waals surface area (Å²) in [6.45, 7) is 7.94. The van der Waals surface area contributed by atoms with Crippen LogP contribution in [0.2, 0.25) is 0 Å². The van der Waals surface area contributed by atoms with Gasteiger partial charge >= 0.3 is 5.97 Å². The van der Waals surface area contributed by atoms with Gasteiger partial charge in [0.15, 0.2) is 5.79 Å². The number of ether oxygens (including phenoxy) is 3. The molecule has 4 heteroatoms. The highest BCUT2D eigenvalue weighted by molar-refractivity contribution is 5.85. The second kappa shape index (κ2) is 5.11. The lowest BCUT2D eigenvalue weighted by molar-refractivity contribution is -0.291. The third kappa shape index (κ3) is 2.97. The van der Waals surface area contributed by atoms with Gasteiger partial charge in [0.25, 0.3) is 0 Å². The lowest BCUT2D eigenvalue weighted by Gasteiger charge is -2.41. The van der Waals surface area contributed by atoms with Gasteiger partial charge in [-0.05, 0) is 23.6 Å². The molecule has 0 bridgehead atoms. The Morgan fingerprint density at radius 2 is 1.81 bits per heavy atom. The topological polar surface area (TPSA) is 44.8 Å². The van der Waals surface area contributed by atoms with E-state index in [0.717, 1.165) is 31.6 Å². The predicted octanol–water partition coefficient (Wildman–Crippen LogP) is 2.91. The third-order valence-electron chi connectivity index (χ3n) is 4.04. The normalized spacial score (nSPS) is 25.4. The molecule has 1 heterocycles. The molecule has 1 spiro atoms. The van der Waals surface area contributed by atoms with Crippen LogP contribution in [0.3, 0.4) is 0 Å². The number of allylic oxidation sites excluding steroid dienone is 3. The molecule has 3 rings (SSSR count). The van der Waals surface area contributed by atoms with E-state index >= 15 is 0 Å². The maximum atomic E-state index is 11.5. The van der Waals surface area contributed by atoms with Crippen LogP contribution in [-0.4, -0.2) is 31.6 Å². The zero-order valence-corrected chi connectivity index (χ0v) is 12.9. The average molecular weight is 290 g/mol. The minimum atomic E-state index is -0.483. The van der Waals surface area contributed by atoms with E-state index in [1.807, 2.05) is 12.2 Å². The number of esters is 1. The molecule has 2 aliphatic carbocycles. The van der Waals surface area contributed by atoms with E-state index in [-0.39, 0.29) is 11.4 Å². The highest BCUT2D eigenvalue weighted by Crippen LogP contribution is 2.48. The van der Waals surface area contributed by atoms with Gasteiger partial charge in [-0.25, -0.2) is 4.79 Å². The Morgan fingerprint density at radius 1 is 1.24 bits per heavy atom. The highest BCUT2D eigenvalue weighted by Gasteiger charge is 2.47. The molecule has 1 saturated carbocycles. The summed E-state index contributed by atoms with van der Waals surface area (Å²) in [5, 5.41) is 0. The largest absolute Gasteiger partial charge is 0.463 e. The van der Waals surface area contributed by atoms with Crippen LogP contribution in [0.5, 0.6) is 0 Å². The van der Waals surface area contributed by atoms with Crippen LogP contribution in [0, 0.1) is 5.41 Å². The summed E-state index contributed by atoms with van der Waals surface area (Å²) in [5.74, 6) is -0.773. The summed E-state index contributed by atoms with van der Waals surface area (Å²) >= 11 is 0. The summed E-state index contributed by atoms with van der Waals surface area (Å²) in [7, 11) is 0. The molecule has 0 atom stereocenters. The van der Waals surface area contributed by atoms with Crippen LogP contribution in [0.4, 0.5) is 0 Å². The van der Waals surface area contributed by atoms with E-state index in [2.05, 4.69) is 13.8 Å². The van der Waals surface area contributed by atoms with Gasteiger partial charge in [-0.1, -0.05) is 26.0 Å². The summed E-state index contributed by atoms with van der Waals surface area (Å²) in [6, 6.07) is 0. The van der Waals surface area contributed by atoms with Crippen LogP contribution in [0.1, 0.15) is 33.6 Å². The molecule has 4 nitrogen and oxygen atoms in total. The molecule has 114 valence electrons. The van der Waals surface area contributed by atoms with Gasteiger partial charge in [0.1, 0.15) is 0 Å². The predicted molar refractivity (Wildman–Crippen MR) is 78.5 cm³/mol. The van der Waals surface area contributed by atoms with E-state index in [1.165, 1.54) is 11.1 Å². The lowest BCUT2D eigenvalue weighted by Crippen LogP contribution is -2.45. The lowest BCUT2D eigenvalue weighted by atomic mass is 9.94. The second-order valence-electron chi connectivity index (χ2n) is 6.74. The molecule has 2 fully saturated rings. The number of fused-ring (bicyclic) bond motifs is 1. The van der Waals surface area contributed by atoms with Crippen LogP contribution in [-0.2, 0) is 19.0 Å². The maximum Gasteiger partial charge on any atom is 0.331 e. The Hall–Kier alpha value is -1.39. The number of hydrogen-bond acceptors (Lipinski definition) is 4. The first-order valence-corrected chi connectivity index (χ1v) is 7.49. The van der Waals surface area contributed by atoms with E-state index in [0.29, 0.717) is 6.61 Å². The van der Waals surface area contributed by atoms with E-state index in [4.69, 9.17) is 14.2 Å². The van der Waals surface area contributed by atoms with Crippen molar-refractivity contribution in [3.63, 3.8) is 0 Å². The standard InChI is InChI=1S/C17H22O4/c1-4-19-15(18)7-12-5-13-8-17(9-14(13)6-12)20-10-16(2,3)11-21-17/h5-7H,4,8-11H2,1-3H3. The van der Waals surface area contributed by atoms with Crippen molar-refractivity contribution in [2.75, 3.05) is 19.8 Å². The summed E-state index contributed by atoms with van der Waals surface area (Å²) in [6.07, 6.45) is 7.13. The van der Waals surface area contributed by atoms with Gasteiger partial charge < -0.3 is 14.2 Å². The molecule has 0 radical (unpaired) electrons. The molecule has 3 aliphatic rings. The van der Waals surface area contributed by atoms with Crippen molar-refractivity contribution in [2.45, 2.75) is 39.4 Å². The second-order valence-corrected chi connectivity index (χ2v) is 6.74. The van der Waals surface area contributed by atoms with Crippen molar-refractivity contribution in [2.24, 2.45) is 5.41 Å². The van der Waals surface area contributed by atoms with Gasteiger partial charge in [-0.15, -0.1) is 0 Å². The molecule has 0 amide bonds. The average Bonchev–Trinajstić information content (AvgIpc) is 2.89. The zero-order chi connectivity index (χ0) is 15.1. The molecule has 1 saturated heterocycles. The number of rotatable bonds is 2. The van der Waals surface area contributed by atoms with Crippen molar-refractivity contribution < 1.29 is 19.0 Å². The molecular weight excluding hydrogens is 268 g/mol. The van der Waals surface area contributed by atoms with E-state index in [9.17, 15) is 4.79 Å². The maximum absolute atomic E-state index is 11.5. The Morgan fingerprint density at radius 3 is 2.33 bits per heavy atom. The van der Waals surface area contributed by atoms with Gasteiger partial charge in [0.05, 0.1) is 19.8 Å². The zero-order valence-electron chi connectivity index (χ0n) is 12.9. The monoisotopic (exact) mass is 290 g/mol. The molecule has 0 unspecified atom stereocenters. The minimum absolute atomic E-state index is 0.0840. The Balaban J connectivity index is 1.69. The molecule has 0 aromatic carbocycles. The molecule has 0 aromatic rings. The fourth-order valence-electron chi connectivity index (χ4n) is 2.95. The number of hydrogen-bond donors (Lipinski definition) is 0. The van der Waals surface area contributed by atoms with Gasteiger partial charge in [0, 0.05) is 24.3 Å². The smallest absolute Gasteiger partial charge is 0.331 e. The van der Waals surface area contributed by atoms with Gasteiger partial charge in [-0.3, -0.25) is 0 Å². The van der Waals surface area contributed by atoms with Gasteiger partial charge in [-0.2, -0.15) is 0 Å². The van der Waals surface area contributed by atoms with E-state index in [1.54, 1.807) is 13.0 Å². The van der Waals surface area contributed by atoms with Crippen molar-refractivity contribution in [1.29, 1.82) is 0 Å². The minimum Gasteiger partial charge on any atom is -0.463 e. The number of carbonyl (C=O) groups is 1. The van der Waals surface area contributed by atoms with Crippen LogP contribution < -0.4 is 0 Å².